The molecule has 2 aliphatic rings. The first kappa shape index (κ1) is 24.0. The summed E-state index contributed by atoms with van der Waals surface area (Å²) in [4.78, 5) is 33.0. The molecule has 0 aliphatic carbocycles. The standard InChI is InChI=1S/C24H32N6O4/c1-15(13-31)27-23(32)19-11-21(29-24(28-19)34-16(2)14-33-3)30-9-6-17(7-10-30)22-18-5-4-8-25-20(18)12-26-22/h4-5,8,11,15-17,31H,6-7,9-10,12-14H2,1-3H3,(H,27,32)/t15-,16-/m1/s1. The summed E-state index contributed by atoms with van der Waals surface area (Å²) in [5, 5.41) is 12.0. The Hall–Kier alpha value is -3.11. The highest BCUT2D eigenvalue weighted by molar-refractivity contribution is 6.04. The van der Waals surface area contributed by atoms with Crippen LogP contribution < -0.4 is 15.0 Å². The Morgan fingerprint density at radius 2 is 2.09 bits per heavy atom. The van der Waals surface area contributed by atoms with Crippen molar-refractivity contribution in [3.8, 4) is 6.01 Å². The molecule has 0 bridgehead atoms. The molecule has 2 atom stereocenters. The molecular formula is C24H32N6O4. The molecule has 4 heterocycles. The van der Waals surface area contributed by atoms with Gasteiger partial charge in [0.1, 0.15) is 17.6 Å². The molecule has 182 valence electrons. The number of carbonyl (C=O) groups is 1. The van der Waals surface area contributed by atoms with Crippen LogP contribution in [0.25, 0.3) is 0 Å². The first-order valence-corrected chi connectivity index (χ1v) is 11.7. The van der Waals surface area contributed by atoms with Gasteiger partial charge in [-0.1, -0.05) is 0 Å². The third kappa shape index (κ3) is 5.51. The van der Waals surface area contributed by atoms with Gasteiger partial charge in [-0.05, 0) is 38.8 Å². The van der Waals surface area contributed by atoms with Crippen molar-refractivity contribution in [2.45, 2.75) is 45.4 Å². The summed E-state index contributed by atoms with van der Waals surface area (Å²) in [6.07, 6.45) is 3.40. The number of hydrogen-bond donors (Lipinski definition) is 2. The molecule has 2 aromatic rings. The van der Waals surface area contributed by atoms with E-state index in [2.05, 4.69) is 31.2 Å². The minimum Gasteiger partial charge on any atom is -0.458 e. The fraction of sp³-hybridized carbons (Fsp3) is 0.542. The molecule has 1 saturated heterocycles. The highest BCUT2D eigenvalue weighted by Gasteiger charge is 2.29. The Labute approximate surface area is 199 Å². The Balaban J connectivity index is 1.50. The summed E-state index contributed by atoms with van der Waals surface area (Å²) in [5.41, 5.74) is 3.58. The van der Waals surface area contributed by atoms with E-state index in [0.717, 1.165) is 37.3 Å². The van der Waals surface area contributed by atoms with Gasteiger partial charge >= 0.3 is 6.01 Å². The number of piperidine rings is 1. The fourth-order valence-electron chi connectivity index (χ4n) is 4.31. The van der Waals surface area contributed by atoms with Crippen molar-refractivity contribution >= 4 is 17.4 Å². The van der Waals surface area contributed by atoms with E-state index in [0.29, 0.717) is 24.9 Å². The predicted molar refractivity (Wildman–Crippen MR) is 127 cm³/mol. The molecule has 34 heavy (non-hydrogen) atoms. The lowest BCUT2D eigenvalue weighted by molar-refractivity contribution is 0.0839. The average Bonchev–Trinajstić information content (AvgIpc) is 3.28. The van der Waals surface area contributed by atoms with E-state index in [1.807, 2.05) is 19.2 Å². The van der Waals surface area contributed by atoms with Crippen molar-refractivity contribution in [3.63, 3.8) is 0 Å². The molecule has 0 unspecified atom stereocenters. The number of rotatable bonds is 9. The van der Waals surface area contributed by atoms with Crippen LogP contribution in [0.3, 0.4) is 0 Å². The number of amides is 1. The van der Waals surface area contributed by atoms with E-state index in [9.17, 15) is 9.90 Å². The van der Waals surface area contributed by atoms with Gasteiger partial charge in [0.25, 0.3) is 5.91 Å². The fourth-order valence-corrected chi connectivity index (χ4v) is 4.31. The number of hydrogen-bond acceptors (Lipinski definition) is 9. The van der Waals surface area contributed by atoms with Crippen LogP contribution in [0.5, 0.6) is 6.01 Å². The van der Waals surface area contributed by atoms with Crippen LogP contribution in [0.4, 0.5) is 5.82 Å². The van der Waals surface area contributed by atoms with Crippen LogP contribution in [0.2, 0.25) is 0 Å². The Bertz CT molecular complexity index is 1040. The zero-order valence-electron chi connectivity index (χ0n) is 19.9. The molecule has 0 radical (unpaired) electrons. The van der Waals surface area contributed by atoms with Crippen LogP contribution in [-0.4, -0.2) is 77.2 Å². The zero-order chi connectivity index (χ0) is 24.1. The number of methoxy groups -OCH3 is 1. The second-order valence-electron chi connectivity index (χ2n) is 8.80. The summed E-state index contributed by atoms with van der Waals surface area (Å²) in [6.45, 7) is 6.00. The minimum absolute atomic E-state index is 0.131. The van der Waals surface area contributed by atoms with Gasteiger partial charge in [0.15, 0.2) is 0 Å². The number of carbonyl (C=O) groups excluding carboxylic acids is 1. The number of aromatic nitrogens is 3. The lowest BCUT2D eigenvalue weighted by Crippen LogP contribution is -2.38. The summed E-state index contributed by atoms with van der Waals surface area (Å²) in [7, 11) is 1.60. The largest absolute Gasteiger partial charge is 0.458 e. The van der Waals surface area contributed by atoms with Crippen LogP contribution in [-0.2, 0) is 11.3 Å². The molecule has 2 N–H and O–H groups in total. The molecule has 1 fully saturated rings. The molecule has 0 spiro atoms. The van der Waals surface area contributed by atoms with Crippen LogP contribution in [0.1, 0.15) is 48.4 Å². The van der Waals surface area contributed by atoms with E-state index >= 15 is 0 Å². The van der Waals surface area contributed by atoms with Gasteiger partial charge in [0.05, 0.1) is 25.5 Å². The Morgan fingerprint density at radius 3 is 2.82 bits per heavy atom. The summed E-state index contributed by atoms with van der Waals surface area (Å²) in [6, 6.07) is 5.49. The third-order valence-electron chi connectivity index (χ3n) is 6.06. The van der Waals surface area contributed by atoms with Gasteiger partial charge in [0.2, 0.25) is 0 Å². The van der Waals surface area contributed by atoms with E-state index in [-0.39, 0.29) is 36.4 Å². The quantitative estimate of drug-likeness (QED) is 0.569. The first-order valence-electron chi connectivity index (χ1n) is 11.7. The van der Waals surface area contributed by atoms with Crippen molar-refractivity contribution in [1.82, 2.24) is 20.3 Å². The first-order chi connectivity index (χ1) is 16.5. The number of aliphatic hydroxyl groups excluding tert-OH is 1. The second-order valence-corrected chi connectivity index (χ2v) is 8.80. The highest BCUT2D eigenvalue weighted by Crippen LogP contribution is 2.30. The Kier molecular flexibility index (Phi) is 7.69. The normalized spacial score (nSPS) is 17.6. The molecule has 10 nitrogen and oxygen atoms in total. The predicted octanol–water partition coefficient (Wildman–Crippen LogP) is 1.62. The number of aliphatic hydroxyl groups is 1. The lowest BCUT2D eigenvalue weighted by Gasteiger charge is -2.33. The number of pyridine rings is 1. The number of ether oxygens (including phenoxy) is 2. The van der Waals surface area contributed by atoms with Gasteiger partial charge in [-0.25, -0.2) is 0 Å². The lowest BCUT2D eigenvalue weighted by atomic mass is 9.88. The molecule has 2 aromatic heterocycles. The van der Waals surface area contributed by atoms with E-state index in [1.165, 1.54) is 5.56 Å². The number of anilines is 1. The van der Waals surface area contributed by atoms with Crippen LogP contribution >= 0.6 is 0 Å². The molecule has 10 heteroatoms. The van der Waals surface area contributed by atoms with Crippen molar-refractivity contribution in [3.05, 3.63) is 41.3 Å². The maximum absolute atomic E-state index is 12.7. The van der Waals surface area contributed by atoms with Crippen molar-refractivity contribution in [2.24, 2.45) is 10.9 Å². The van der Waals surface area contributed by atoms with Gasteiger partial charge in [-0.3, -0.25) is 14.8 Å². The number of nitrogens with zero attached hydrogens (tertiary/aromatic N) is 5. The molecule has 0 saturated carbocycles. The van der Waals surface area contributed by atoms with E-state index in [1.54, 1.807) is 20.1 Å². The number of aliphatic imine (C=N–C) groups is 1. The molecule has 0 aromatic carbocycles. The van der Waals surface area contributed by atoms with Crippen molar-refractivity contribution in [1.29, 1.82) is 0 Å². The number of nitrogens with one attached hydrogen (secondary N) is 1. The monoisotopic (exact) mass is 468 g/mol. The molecule has 4 rings (SSSR count). The average molecular weight is 469 g/mol. The summed E-state index contributed by atoms with van der Waals surface area (Å²) >= 11 is 0. The van der Waals surface area contributed by atoms with Gasteiger partial charge < -0.3 is 24.8 Å². The number of fused-ring (bicyclic) bond motifs is 1. The second kappa shape index (κ2) is 10.9. The van der Waals surface area contributed by atoms with E-state index < -0.39 is 0 Å². The van der Waals surface area contributed by atoms with Crippen LogP contribution in [0.15, 0.2) is 29.4 Å². The molecular weight excluding hydrogens is 436 g/mol. The molecule has 2 aliphatic heterocycles. The maximum Gasteiger partial charge on any atom is 0.319 e. The summed E-state index contributed by atoms with van der Waals surface area (Å²) in [5.74, 6) is 0.633. The van der Waals surface area contributed by atoms with Gasteiger partial charge in [-0.15, -0.1) is 0 Å². The molecule has 1 amide bonds. The van der Waals surface area contributed by atoms with Crippen molar-refractivity contribution in [2.75, 3.05) is 38.3 Å². The topological polar surface area (TPSA) is 122 Å². The zero-order valence-corrected chi connectivity index (χ0v) is 19.9. The Morgan fingerprint density at radius 1 is 1.29 bits per heavy atom. The minimum atomic E-state index is -0.386. The van der Waals surface area contributed by atoms with E-state index in [4.69, 9.17) is 14.5 Å². The summed E-state index contributed by atoms with van der Waals surface area (Å²) < 4.78 is 11.0. The van der Waals surface area contributed by atoms with Gasteiger partial charge in [-0.2, -0.15) is 9.97 Å². The third-order valence-corrected chi connectivity index (χ3v) is 6.06. The maximum atomic E-state index is 12.7. The van der Waals surface area contributed by atoms with Gasteiger partial charge in [0, 0.05) is 55.7 Å². The smallest absolute Gasteiger partial charge is 0.319 e. The van der Waals surface area contributed by atoms with Crippen molar-refractivity contribution < 1.29 is 19.4 Å². The highest BCUT2D eigenvalue weighted by atomic mass is 16.5. The van der Waals surface area contributed by atoms with Crippen LogP contribution in [0, 0.1) is 5.92 Å². The SMILES string of the molecule is COC[C@@H](C)Oc1nc(C(=O)N[C@H](C)CO)cc(N2CCC(C3=NCc4ncccc43)CC2)n1.